The van der Waals surface area contributed by atoms with Crippen molar-refractivity contribution in [3.05, 3.63) is 29.3 Å². The van der Waals surface area contributed by atoms with Gasteiger partial charge in [-0.3, -0.25) is 4.90 Å². The van der Waals surface area contributed by atoms with Gasteiger partial charge in [0.1, 0.15) is 0 Å². The van der Waals surface area contributed by atoms with Gasteiger partial charge in [0.05, 0.1) is 24.7 Å². The standard InChI is InChI=1S/C20H31N3O3S2/c1-16-4-5-17(2)19(14-16)21-20(27)23(18-6-13-28(24,25)15-18)8-3-7-22-9-11-26-12-10-22/h4-5,14,18H,3,6-13,15H2,1-2H3,(H,21,27)/t18-/m0/s1. The number of nitrogens with zero attached hydrogens (tertiary/aromatic N) is 2. The third kappa shape index (κ3) is 5.89. The molecule has 8 heteroatoms. The molecule has 3 rings (SSSR count). The Bertz CT molecular complexity index is 792. The van der Waals surface area contributed by atoms with Crippen LogP contribution in [0.2, 0.25) is 0 Å². The van der Waals surface area contributed by atoms with Crippen molar-refractivity contribution in [1.29, 1.82) is 0 Å². The summed E-state index contributed by atoms with van der Waals surface area (Å²) in [5.74, 6) is 0.447. The lowest BCUT2D eigenvalue weighted by molar-refractivity contribution is 0.0366. The molecule has 0 aromatic heterocycles. The van der Waals surface area contributed by atoms with E-state index in [2.05, 4.69) is 40.2 Å². The Morgan fingerprint density at radius 1 is 1.32 bits per heavy atom. The van der Waals surface area contributed by atoms with Gasteiger partial charge in [0.15, 0.2) is 14.9 Å². The lowest BCUT2D eigenvalue weighted by atomic mass is 10.1. The molecule has 2 saturated heterocycles. The predicted molar refractivity (Wildman–Crippen MR) is 118 cm³/mol. The minimum Gasteiger partial charge on any atom is -0.379 e. The monoisotopic (exact) mass is 425 g/mol. The maximum atomic E-state index is 12.0. The molecule has 6 nitrogen and oxygen atoms in total. The van der Waals surface area contributed by atoms with Crippen molar-refractivity contribution >= 4 is 32.9 Å². The van der Waals surface area contributed by atoms with Crippen molar-refractivity contribution in [2.45, 2.75) is 32.7 Å². The highest BCUT2D eigenvalue weighted by Gasteiger charge is 2.33. The number of nitrogens with one attached hydrogen (secondary N) is 1. The van der Waals surface area contributed by atoms with Crippen LogP contribution < -0.4 is 5.32 Å². The first-order chi connectivity index (χ1) is 13.3. The highest BCUT2D eigenvalue weighted by Crippen LogP contribution is 2.22. The van der Waals surface area contributed by atoms with Crippen LogP contribution in [0.4, 0.5) is 5.69 Å². The first kappa shape index (κ1) is 21.5. The first-order valence-electron chi connectivity index (χ1n) is 9.99. The number of aryl methyl sites for hydroxylation is 2. The summed E-state index contributed by atoms with van der Waals surface area (Å²) in [5, 5.41) is 4.00. The normalized spacial score (nSPS) is 22.1. The van der Waals surface area contributed by atoms with Crippen molar-refractivity contribution in [2.24, 2.45) is 0 Å². The predicted octanol–water partition coefficient (Wildman–Crippen LogP) is 2.21. The third-order valence-electron chi connectivity index (χ3n) is 5.52. The van der Waals surface area contributed by atoms with Crippen LogP contribution in [0.3, 0.4) is 0 Å². The van der Waals surface area contributed by atoms with Gasteiger partial charge in [0.2, 0.25) is 0 Å². The van der Waals surface area contributed by atoms with Crippen LogP contribution in [0.1, 0.15) is 24.0 Å². The van der Waals surface area contributed by atoms with Gasteiger partial charge >= 0.3 is 0 Å². The van der Waals surface area contributed by atoms with Gasteiger partial charge in [-0.2, -0.15) is 0 Å². The van der Waals surface area contributed by atoms with Gasteiger partial charge in [0, 0.05) is 37.9 Å². The maximum Gasteiger partial charge on any atom is 0.173 e. The van der Waals surface area contributed by atoms with E-state index < -0.39 is 9.84 Å². The summed E-state index contributed by atoms with van der Waals surface area (Å²) >= 11 is 5.73. The number of hydrogen-bond donors (Lipinski definition) is 1. The molecule has 156 valence electrons. The average molecular weight is 426 g/mol. The van der Waals surface area contributed by atoms with E-state index in [9.17, 15) is 8.42 Å². The molecule has 2 aliphatic rings. The maximum absolute atomic E-state index is 12.0. The minimum absolute atomic E-state index is 0.0418. The van der Waals surface area contributed by atoms with Crippen LogP contribution in [0, 0.1) is 13.8 Å². The quantitative estimate of drug-likeness (QED) is 0.701. The van der Waals surface area contributed by atoms with Crippen LogP contribution in [0.5, 0.6) is 0 Å². The number of morpholine rings is 1. The number of benzene rings is 1. The molecule has 0 bridgehead atoms. The Balaban J connectivity index is 1.66. The molecule has 0 unspecified atom stereocenters. The zero-order valence-corrected chi connectivity index (χ0v) is 18.4. The van der Waals surface area contributed by atoms with Gasteiger partial charge in [-0.15, -0.1) is 0 Å². The van der Waals surface area contributed by atoms with E-state index in [4.69, 9.17) is 17.0 Å². The number of sulfone groups is 1. The zero-order chi connectivity index (χ0) is 20.1. The van der Waals surface area contributed by atoms with E-state index >= 15 is 0 Å². The zero-order valence-electron chi connectivity index (χ0n) is 16.8. The Morgan fingerprint density at radius 2 is 2.07 bits per heavy atom. The SMILES string of the molecule is Cc1ccc(C)c(NC(=S)N(CCCN2CCOCC2)[C@H]2CCS(=O)(=O)C2)c1. The molecule has 0 aliphatic carbocycles. The fraction of sp³-hybridized carbons (Fsp3) is 0.650. The molecule has 1 aromatic carbocycles. The van der Waals surface area contributed by atoms with E-state index in [0.29, 0.717) is 11.5 Å². The molecule has 0 radical (unpaired) electrons. The Morgan fingerprint density at radius 3 is 2.75 bits per heavy atom. The molecule has 1 aromatic rings. The molecule has 0 spiro atoms. The fourth-order valence-electron chi connectivity index (χ4n) is 3.82. The number of ether oxygens (including phenoxy) is 1. The van der Waals surface area contributed by atoms with Crippen molar-refractivity contribution in [3.8, 4) is 0 Å². The second kappa shape index (κ2) is 9.52. The molecule has 1 N–H and O–H groups in total. The van der Waals surface area contributed by atoms with Crippen molar-refractivity contribution < 1.29 is 13.2 Å². The van der Waals surface area contributed by atoms with E-state index in [1.165, 1.54) is 5.56 Å². The van der Waals surface area contributed by atoms with Gasteiger partial charge in [-0.25, -0.2) is 8.42 Å². The van der Waals surface area contributed by atoms with Crippen LogP contribution in [0.15, 0.2) is 18.2 Å². The topological polar surface area (TPSA) is 61.9 Å². The fourth-order valence-corrected chi connectivity index (χ4v) is 5.90. The molecule has 2 aliphatic heterocycles. The molecule has 0 saturated carbocycles. The van der Waals surface area contributed by atoms with Crippen LogP contribution in [-0.4, -0.2) is 80.3 Å². The van der Waals surface area contributed by atoms with Gasteiger partial charge < -0.3 is 15.0 Å². The van der Waals surface area contributed by atoms with Gasteiger partial charge in [-0.05, 0) is 56.1 Å². The average Bonchev–Trinajstić information content (AvgIpc) is 3.02. The lowest BCUT2D eigenvalue weighted by Gasteiger charge is -2.33. The van der Waals surface area contributed by atoms with E-state index in [0.717, 1.165) is 57.1 Å². The molecule has 1 atom stereocenters. The minimum atomic E-state index is -2.96. The summed E-state index contributed by atoms with van der Waals surface area (Å²) in [5.41, 5.74) is 3.28. The molecule has 28 heavy (non-hydrogen) atoms. The first-order valence-corrected chi connectivity index (χ1v) is 12.2. The number of thiocarbonyl (C=S) groups is 1. The Hall–Kier alpha value is -1.22. The number of rotatable bonds is 6. The summed E-state index contributed by atoms with van der Waals surface area (Å²) in [6, 6.07) is 6.19. The molecule has 2 fully saturated rings. The van der Waals surface area contributed by atoms with Crippen molar-refractivity contribution in [1.82, 2.24) is 9.80 Å². The summed E-state index contributed by atoms with van der Waals surface area (Å²) in [6.07, 6.45) is 1.60. The second-order valence-corrected chi connectivity index (χ2v) is 10.4. The Labute approximate surface area is 174 Å². The summed E-state index contributed by atoms with van der Waals surface area (Å²) in [7, 11) is -2.96. The summed E-state index contributed by atoms with van der Waals surface area (Å²) < 4.78 is 29.5. The second-order valence-electron chi connectivity index (χ2n) is 7.81. The third-order valence-corrected chi connectivity index (χ3v) is 7.61. The smallest absolute Gasteiger partial charge is 0.173 e. The molecular formula is C20H31N3O3S2. The van der Waals surface area contributed by atoms with Crippen molar-refractivity contribution in [2.75, 3.05) is 56.2 Å². The van der Waals surface area contributed by atoms with E-state index in [-0.39, 0.29) is 17.5 Å². The van der Waals surface area contributed by atoms with Gasteiger partial charge in [-0.1, -0.05) is 12.1 Å². The number of anilines is 1. The lowest BCUT2D eigenvalue weighted by Crippen LogP contribution is -2.45. The van der Waals surface area contributed by atoms with E-state index in [1.807, 2.05) is 6.92 Å². The van der Waals surface area contributed by atoms with Crippen LogP contribution >= 0.6 is 12.2 Å². The summed E-state index contributed by atoms with van der Waals surface area (Å²) in [4.78, 5) is 4.50. The van der Waals surface area contributed by atoms with Crippen LogP contribution in [-0.2, 0) is 14.6 Å². The highest BCUT2D eigenvalue weighted by atomic mass is 32.2. The van der Waals surface area contributed by atoms with Crippen molar-refractivity contribution in [3.63, 3.8) is 0 Å². The van der Waals surface area contributed by atoms with E-state index in [1.54, 1.807) is 0 Å². The van der Waals surface area contributed by atoms with Gasteiger partial charge in [0.25, 0.3) is 0 Å². The number of hydrogen-bond acceptors (Lipinski definition) is 5. The largest absolute Gasteiger partial charge is 0.379 e. The molecule has 2 heterocycles. The Kier molecular flexibility index (Phi) is 7.31. The molecular weight excluding hydrogens is 394 g/mol. The summed E-state index contributed by atoms with van der Waals surface area (Å²) in [6.45, 7) is 9.34. The highest BCUT2D eigenvalue weighted by molar-refractivity contribution is 7.91. The molecule has 0 amide bonds. The van der Waals surface area contributed by atoms with Crippen LogP contribution in [0.25, 0.3) is 0 Å².